The Morgan fingerprint density at radius 3 is 2.78 bits per heavy atom. The molecule has 0 bridgehead atoms. The number of carbonyl (C=O) groups excluding carboxylic acids is 1. The van der Waals surface area contributed by atoms with Crippen LogP contribution in [0.1, 0.15) is 35.1 Å². The van der Waals surface area contributed by atoms with Gasteiger partial charge in [0.25, 0.3) is 0 Å². The van der Waals surface area contributed by atoms with E-state index < -0.39 is 0 Å². The van der Waals surface area contributed by atoms with Crippen molar-refractivity contribution in [1.82, 2.24) is 20.1 Å². The van der Waals surface area contributed by atoms with Gasteiger partial charge in [-0.2, -0.15) is 0 Å². The van der Waals surface area contributed by atoms with Crippen molar-refractivity contribution in [3.05, 3.63) is 63.9 Å². The number of aromatic nitrogens is 3. The molecule has 4 rings (SSSR count). The van der Waals surface area contributed by atoms with Crippen molar-refractivity contribution in [1.29, 1.82) is 0 Å². The number of hydrogen-bond acceptors (Lipinski definition) is 5. The number of carbonyl (C=O) groups is 1. The number of nitrogens with zero attached hydrogens (tertiary/aromatic N) is 3. The maximum absolute atomic E-state index is 12.9. The van der Waals surface area contributed by atoms with Crippen LogP contribution < -0.4 is 5.32 Å². The molecule has 2 aromatic heterocycles. The first-order chi connectivity index (χ1) is 13.2. The minimum Gasteiger partial charge on any atom is -0.351 e. The van der Waals surface area contributed by atoms with Crippen LogP contribution in [0.5, 0.6) is 0 Å². The maximum Gasteiger partial charge on any atom is 0.230 e. The smallest absolute Gasteiger partial charge is 0.230 e. The van der Waals surface area contributed by atoms with Crippen molar-refractivity contribution in [3.63, 3.8) is 0 Å². The summed E-state index contributed by atoms with van der Waals surface area (Å²) in [5.41, 5.74) is 0.870. The normalized spacial score (nSPS) is 13.7. The van der Waals surface area contributed by atoms with Crippen LogP contribution in [0.4, 0.5) is 4.39 Å². The Hall–Kier alpha value is -2.19. The van der Waals surface area contributed by atoms with Crippen LogP contribution in [0, 0.1) is 5.82 Å². The van der Waals surface area contributed by atoms with Gasteiger partial charge in [-0.15, -0.1) is 21.5 Å². The maximum atomic E-state index is 12.9. The molecule has 0 atom stereocenters. The van der Waals surface area contributed by atoms with Crippen molar-refractivity contribution in [2.45, 2.75) is 37.0 Å². The summed E-state index contributed by atoms with van der Waals surface area (Å²) in [6.07, 6.45) is 3.05. The lowest BCUT2D eigenvalue weighted by atomic mass is 10.2. The van der Waals surface area contributed by atoms with E-state index in [0.29, 0.717) is 12.6 Å². The third kappa shape index (κ3) is 4.75. The van der Waals surface area contributed by atoms with E-state index in [4.69, 9.17) is 0 Å². The van der Waals surface area contributed by atoms with Crippen molar-refractivity contribution < 1.29 is 9.18 Å². The lowest BCUT2D eigenvalue weighted by Crippen LogP contribution is -2.24. The predicted molar refractivity (Wildman–Crippen MR) is 104 cm³/mol. The summed E-state index contributed by atoms with van der Waals surface area (Å²) in [5, 5.41) is 14.4. The van der Waals surface area contributed by atoms with Crippen LogP contribution >= 0.6 is 23.1 Å². The highest BCUT2D eigenvalue weighted by Gasteiger charge is 2.29. The third-order valence-corrected chi connectivity index (χ3v) is 6.11. The number of thioether (sulfide) groups is 1. The zero-order chi connectivity index (χ0) is 18.6. The molecule has 1 fully saturated rings. The van der Waals surface area contributed by atoms with E-state index in [1.165, 1.54) is 28.8 Å². The minimum atomic E-state index is -0.279. The Morgan fingerprint density at radius 2 is 2.07 bits per heavy atom. The van der Waals surface area contributed by atoms with E-state index in [1.807, 2.05) is 6.07 Å². The predicted octanol–water partition coefficient (Wildman–Crippen LogP) is 3.81. The van der Waals surface area contributed by atoms with Crippen molar-refractivity contribution in [3.8, 4) is 0 Å². The summed E-state index contributed by atoms with van der Waals surface area (Å²) < 4.78 is 15.1. The SMILES string of the molecule is O=C(CSc1nnc(Cc2cccs2)n1C1CC1)NCc1ccc(F)cc1. The number of rotatable bonds is 8. The molecule has 140 valence electrons. The molecule has 8 heteroatoms. The summed E-state index contributed by atoms with van der Waals surface area (Å²) in [4.78, 5) is 13.4. The van der Waals surface area contributed by atoms with E-state index in [1.54, 1.807) is 23.5 Å². The number of thiophene rings is 1. The molecular formula is C19H19FN4OS2. The molecule has 1 aromatic carbocycles. The van der Waals surface area contributed by atoms with E-state index in [0.717, 1.165) is 35.8 Å². The molecule has 0 aliphatic heterocycles. The molecule has 1 N–H and O–H groups in total. The van der Waals surface area contributed by atoms with Crippen LogP contribution in [-0.2, 0) is 17.8 Å². The molecule has 3 aromatic rings. The van der Waals surface area contributed by atoms with Gasteiger partial charge in [-0.05, 0) is 42.0 Å². The first-order valence-corrected chi connectivity index (χ1v) is 10.7. The van der Waals surface area contributed by atoms with Crippen molar-refractivity contribution in [2.24, 2.45) is 0 Å². The van der Waals surface area contributed by atoms with Gasteiger partial charge in [0.15, 0.2) is 5.16 Å². The van der Waals surface area contributed by atoms with Crippen LogP contribution in [0.15, 0.2) is 46.9 Å². The van der Waals surface area contributed by atoms with E-state index in [9.17, 15) is 9.18 Å². The summed E-state index contributed by atoms with van der Waals surface area (Å²) in [6, 6.07) is 10.7. The molecule has 27 heavy (non-hydrogen) atoms. The highest BCUT2D eigenvalue weighted by atomic mass is 32.2. The number of amides is 1. The molecule has 1 amide bonds. The molecule has 1 aliphatic carbocycles. The Balaban J connectivity index is 1.34. The Bertz CT molecular complexity index is 904. The standard InChI is InChI=1S/C19H19FN4OS2/c20-14-5-3-13(4-6-14)11-21-18(25)12-27-19-23-22-17(24(19)15-7-8-15)10-16-2-1-9-26-16/h1-6,9,15H,7-8,10-12H2,(H,21,25). The molecule has 5 nitrogen and oxygen atoms in total. The van der Waals surface area contributed by atoms with Crippen molar-refractivity contribution in [2.75, 3.05) is 5.75 Å². The number of nitrogens with one attached hydrogen (secondary N) is 1. The Kier molecular flexibility index (Phi) is 5.54. The fourth-order valence-corrected chi connectivity index (χ4v) is 4.33. The van der Waals surface area contributed by atoms with Crippen LogP contribution in [0.3, 0.4) is 0 Å². The van der Waals surface area contributed by atoms with Gasteiger partial charge in [0, 0.05) is 23.9 Å². The van der Waals surface area contributed by atoms with Gasteiger partial charge < -0.3 is 9.88 Å². The van der Waals surface area contributed by atoms with Gasteiger partial charge in [-0.1, -0.05) is 30.0 Å². The zero-order valence-corrected chi connectivity index (χ0v) is 16.2. The number of benzene rings is 1. The Morgan fingerprint density at radius 1 is 1.26 bits per heavy atom. The largest absolute Gasteiger partial charge is 0.351 e. The molecule has 0 spiro atoms. The van der Waals surface area contributed by atoms with Crippen LogP contribution in [-0.4, -0.2) is 26.4 Å². The van der Waals surface area contributed by atoms with E-state index in [2.05, 4.69) is 31.5 Å². The van der Waals surface area contributed by atoms with Crippen LogP contribution in [0.2, 0.25) is 0 Å². The fraction of sp³-hybridized carbons (Fsp3) is 0.316. The van der Waals surface area contributed by atoms with Gasteiger partial charge in [-0.25, -0.2) is 4.39 Å². The minimum absolute atomic E-state index is 0.0746. The number of hydrogen-bond donors (Lipinski definition) is 1. The fourth-order valence-electron chi connectivity index (χ4n) is 2.78. The second kappa shape index (κ2) is 8.22. The van der Waals surface area contributed by atoms with E-state index >= 15 is 0 Å². The molecule has 0 saturated heterocycles. The first kappa shape index (κ1) is 18.2. The van der Waals surface area contributed by atoms with Crippen LogP contribution in [0.25, 0.3) is 0 Å². The first-order valence-electron chi connectivity index (χ1n) is 8.79. The average Bonchev–Trinajstić information content (AvgIpc) is 3.22. The zero-order valence-electron chi connectivity index (χ0n) is 14.6. The Labute approximate surface area is 165 Å². The molecule has 1 aliphatic rings. The van der Waals surface area contributed by atoms with Gasteiger partial charge >= 0.3 is 0 Å². The van der Waals surface area contributed by atoms with Gasteiger partial charge in [0.05, 0.1) is 5.75 Å². The van der Waals surface area contributed by atoms with Gasteiger partial charge in [0.2, 0.25) is 5.91 Å². The summed E-state index contributed by atoms with van der Waals surface area (Å²) in [5.74, 6) is 0.896. The molecule has 2 heterocycles. The van der Waals surface area contributed by atoms with Crippen molar-refractivity contribution >= 4 is 29.0 Å². The molecule has 0 unspecified atom stereocenters. The second-order valence-corrected chi connectivity index (χ2v) is 8.42. The highest BCUT2D eigenvalue weighted by Crippen LogP contribution is 2.39. The molecule has 0 radical (unpaired) electrons. The highest BCUT2D eigenvalue weighted by molar-refractivity contribution is 7.99. The van der Waals surface area contributed by atoms with Gasteiger partial charge in [0.1, 0.15) is 11.6 Å². The summed E-state index contributed by atoms with van der Waals surface area (Å²) in [7, 11) is 0. The summed E-state index contributed by atoms with van der Waals surface area (Å²) in [6.45, 7) is 0.388. The lowest BCUT2D eigenvalue weighted by Gasteiger charge is -2.08. The summed E-state index contributed by atoms with van der Waals surface area (Å²) >= 11 is 3.13. The van der Waals surface area contributed by atoms with Gasteiger partial charge in [-0.3, -0.25) is 4.79 Å². The lowest BCUT2D eigenvalue weighted by molar-refractivity contribution is -0.118. The molecule has 1 saturated carbocycles. The third-order valence-electron chi connectivity index (χ3n) is 4.29. The number of halogens is 1. The monoisotopic (exact) mass is 402 g/mol. The average molecular weight is 403 g/mol. The topological polar surface area (TPSA) is 59.8 Å². The second-order valence-electron chi connectivity index (χ2n) is 6.45. The quantitative estimate of drug-likeness (QED) is 0.582. The molecular weight excluding hydrogens is 383 g/mol. The van der Waals surface area contributed by atoms with E-state index in [-0.39, 0.29) is 17.5 Å².